The number of carbonyl (C=O) groups is 2. The molecule has 1 heterocycles. The van der Waals surface area contributed by atoms with Crippen molar-refractivity contribution in [2.24, 2.45) is 0 Å². The first-order valence-electron chi connectivity index (χ1n) is 12.2. The van der Waals surface area contributed by atoms with E-state index >= 15 is 0 Å². The average Bonchev–Trinajstić information content (AvgIpc) is 2.83. The summed E-state index contributed by atoms with van der Waals surface area (Å²) in [5.74, 6) is -4.48. The van der Waals surface area contributed by atoms with E-state index in [0.29, 0.717) is 10.1 Å². The smallest absolute Gasteiger partial charge is 0.300 e. The normalized spacial score (nSPS) is 14.0. The molecular formula is C26H34F3IN4O4. The number of β-amino-alcohol motifs (C(OH)–C–C–N with tert-alkyl or cyclic N) is 1. The second-order valence-corrected chi connectivity index (χ2v) is 10.2. The van der Waals surface area contributed by atoms with Crippen molar-refractivity contribution in [1.29, 1.82) is 0 Å². The van der Waals surface area contributed by atoms with Crippen LogP contribution in [-0.4, -0.2) is 83.3 Å². The zero-order valence-corrected chi connectivity index (χ0v) is 23.8. The maximum atomic E-state index is 14.6. The Hall–Kier alpha value is -2.42. The maximum Gasteiger partial charge on any atom is 0.300 e. The number of carbonyl (C=O) groups excluding carboxylic acids is 1. The molecule has 3 rings (SSSR count). The molecule has 0 unspecified atom stereocenters. The van der Waals surface area contributed by atoms with Crippen molar-refractivity contribution >= 4 is 45.8 Å². The van der Waals surface area contributed by atoms with Gasteiger partial charge in [-0.25, -0.2) is 13.2 Å². The Balaban J connectivity index is 0.00000118. The molecule has 0 aromatic heterocycles. The molecule has 0 bridgehead atoms. The minimum atomic E-state index is -1.27. The number of aliphatic hydroxyl groups is 1. The number of rotatable bonds is 11. The molecule has 8 nitrogen and oxygen atoms in total. The first kappa shape index (κ1) is 31.8. The highest BCUT2D eigenvalue weighted by atomic mass is 127. The van der Waals surface area contributed by atoms with Crippen LogP contribution in [0.3, 0.4) is 0 Å². The molecule has 1 fully saturated rings. The predicted octanol–water partition coefficient (Wildman–Crippen LogP) is 4.05. The van der Waals surface area contributed by atoms with Crippen molar-refractivity contribution in [3.05, 3.63) is 56.9 Å². The molecule has 12 heteroatoms. The summed E-state index contributed by atoms with van der Waals surface area (Å²) in [6.45, 7) is 9.46. The molecule has 0 radical (unpaired) electrons. The van der Waals surface area contributed by atoms with Gasteiger partial charge in [0, 0.05) is 17.0 Å². The molecule has 1 aliphatic rings. The number of nitrogens with zero attached hydrogens (tertiary/aromatic N) is 2. The van der Waals surface area contributed by atoms with Crippen LogP contribution in [0.2, 0.25) is 0 Å². The van der Waals surface area contributed by atoms with Crippen molar-refractivity contribution in [1.82, 2.24) is 15.1 Å². The number of nitrogens with one attached hydrogen (secondary N) is 2. The Morgan fingerprint density at radius 1 is 1.11 bits per heavy atom. The second kappa shape index (κ2) is 14.7. The van der Waals surface area contributed by atoms with E-state index < -0.39 is 40.6 Å². The van der Waals surface area contributed by atoms with Gasteiger partial charge in [0.2, 0.25) is 0 Å². The largest absolute Gasteiger partial charge is 0.481 e. The number of likely N-dealkylation sites (tertiary alicyclic amines) is 1. The minimum Gasteiger partial charge on any atom is -0.481 e. The number of anilines is 2. The summed E-state index contributed by atoms with van der Waals surface area (Å²) in [7, 11) is 0. The average molecular weight is 650 g/mol. The van der Waals surface area contributed by atoms with Gasteiger partial charge >= 0.3 is 0 Å². The van der Waals surface area contributed by atoms with E-state index in [1.807, 2.05) is 22.6 Å². The van der Waals surface area contributed by atoms with Crippen LogP contribution in [0.15, 0.2) is 30.3 Å². The first-order valence-corrected chi connectivity index (χ1v) is 13.3. The number of benzene rings is 2. The SMILES string of the molecule is CC(=O)O.CCN(CC)CCCNCC1(O)CN(C(=O)c2ccc(F)c(F)c2Nc2ccc(I)cc2F)C1. The lowest BCUT2D eigenvalue weighted by Crippen LogP contribution is -2.67. The molecule has 210 valence electrons. The van der Waals surface area contributed by atoms with Crippen LogP contribution in [0.1, 0.15) is 37.6 Å². The van der Waals surface area contributed by atoms with Gasteiger partial charge in [-0.3, -0.25) is 9.59 Å². The highest BCUT2D eigenvalue weighted by Crippen LogP contribution is 2.31. The summed E-state index contributed by atoms with van der Waals surface area (Å²) in [4.78, 5) is 25.7. The fraction of sp³-hybridized carbons (Fsp3) is 0.462. The fourth-order valence-electron chi connectivity index (χ4n) is 3.96. The van der Waals surface area contributed by atoms with Gasteiger partial charge in [-0.2, -0.15) is 0 Å². The third kappa shape index (κ3) is 9.10. The number of amides is 1. The van der Waals surface area contributed by atoms with Crippen LogP contribution < -0.4 is 10.6 Å². The van der Waals surface area contributed by atoms with Gasteiger partial charge in [-0.15, -0.1) is 0 Å². The van der Waals surface area contributed by atoms with E-state index in [4.69, 9.17) is 9.90 Å². The van der Waals surface area contributed by atoms with Crippen LogP contribution in [0.4, 0.5) is 24.5 Å². The molecule has 0 spiro atoms. The van der Waals surface area contributed by atoms with Gasteiger partial charge in [0.1, 0.15) is 11.4 Å². The topological polar surface area (TPSA) is 105 Å². The molecule has 2 aromatic rings. The second-order valence-electron chi connectivity index (χ2n) is 8.99. The maximum absolute atomic E-state index is 14.6. The van der Waals surface area contributed by atoms with Crippen LogP contribution in [0, 0.1) is 21.0 Å². The monoisotopic (exact) mass is 650 g/mol. The molecule has 0 atom stereocenters. The molecule has 4 N–H and O–H groups in total. The van der Waals surface area contributed by atoms with Gasteiger partial charge < -0.3 is 30.6 Å². The summed E-state index contributed by atoms with van der Waals surface area (Å²) in [5, 5.41) is 23.8. The van der Waals surface area contributed by atoms with Crippen molar-refractivity contribution in [2.75, 3.05) is 51.1 Å². The van der Waals surface area contributed by atoms with Crippen LogP contribution in [-0.2, 0) is 4.79 Å². The van der Waals surface area contributed by atoms with Crippen molar-refractivity contribution < 1.29 is 33.0 Å². The highest BCUT2D eigenvalue weighted by molar-refractivity contribution is 14.1. The van der Waals surface area contributed by atoms with E-state index in [1.54, 1.807) is 6.07 Å². The predicted molar refractivity (Wildman–Crippen MR) is 148 cm³/mol. The molecule has 0 saturated carbocycles. The standard InChI is InChI=1S/C24H30F3IN4O2.C2H4O2/c1-3-31(4-2)11-5-10-29-13-24(34)14-32(15-24)23(33)17-7-8-18(25)21(27)22(17)30-20-9-6-16(28)12-19(20)26;1-2(3)4/h6-9,12,29-30,34H,3-5,10-11,13-15H2,1-2H3;1H3,(H,3,4). The third-order valence-electron chi connectivity index (χ3n) is 5.95. The summed E-state index contributed by atoms with van der Waals surface area (Å²) in [6.07, 6.45) is 0.944. The zero-order valence-electron chi connectivity index (χ0n) is 21.7. The quantitative estimate of drug-likeness (QED) is 0.215. The van der Waals surface area contributed by atoms with Gasteiger partial charge in [0.15, 0.2) is 11.6 Å². The fourth-order valence-corrected chi connectivity index (χ4v) is 4.41. The Morgan fingerprint density at radius 2 is 1.74 bits per heavy atom. The van der Waals surface area contributed by atoms with Gasteiger partial charge in [0.05, 0.1) is 30.0 Å². The molecule has 1 saturated heterocycles. The van der Waals surface area contributed by atoms with Crippen LogP contribution >= 0.6 is 22.6 Å². The van der Waals surface area contributed by atoms with Crippen molar-refractivity contribution in [2.45, 2.75) is 32.8 Å². The third-order valence-corrected chi connectivity index (χ3v) is 6.62. The molecule has 0 aliphatic carbocycles. The molecular weight excluding hydrogens is 616 g/mol. The number of halogens is 4. The number of hydrogen-bond donors (Lipinski definition) is 4. The van der Waals surface area contributed by atoms with E-state index in [0.717, 1.165) is 51.7 Å². The Bertz CT molecular complexity index is 1110. The summed E-state index contributed by atoms with van der Waals surface area (Å²) >= 11 is 1.93. The molecule has 1 amide bonds. The number of carboxylic acids is 1. The lowest BCUT2D eigenvalue weighted by Gasteiger charge is -2.46. The van der Waals surface area contributed by atoms with Crippen LogP contribution in [0.25, 0.3) is 0 Å². The van der Waals surface area contributed by atoms with E-state index in [2.05, 4.69) is 29.4 Å². The van der Waals surface area contributed by atoms with Gasteiger partial charge in [-0.05, 0) is 85.5 Å². The first-order chi connectivity index (χ1) is 17.9. The number of hydrogen-bond acceptors (Lipinski definition) is 6. The van der Waals surface area contributed by atoms with E-state index in [1.165, 1.54) is 17.0 Å². The van der Waals surface area contributed by atoms with Crippen molar-refractivity contribution in [3.63, 3.8) is 0 Å². The summed E-state index contributed by atoms with van der Waals surface area (Å²) < 4.78 is 43.4. The summed E-state index contributed by atoms with van der Waals surface area (Å²) in [6, 6.07) is 6.27. The Morgan fingerprint density at radius 3 is 2.32 bits per heavy atom. The Labute approximate surface area is 234 Å². The van der Waals surface area contributed by atoms with E-state index in [9.17, 15) is 23.1 Å². The lowest BCUT2D eigenvalue weighted by molar-refractivity contribution is -0.134. The highest BCUT2D eigenvalue weighted by Gasteiger charge is 2.44. The molecule has 2 aromatic carbocycles. The van der Waals surface area contributed by atoms with Crippen LogP contribution in [0.5, 0.6) is 0 Å². The van der Waals surface area contributed by atoms with Gasteiger partial charge in [0.25, 0.3) is 11.9 Å². The molecule has 1 aliphatic heterocycles. The zero-order chi connectivity index (χ0) is 28.5. The summed E-state index contributed by atoms with van der Waals surface area (Å²) in [5.41, 5.74) is -1.73. The van der Waals surface area contributed by atoms with Gasteiger partial charge in [-0.1, -0.05) is 13.8 Å². The Kier molecular flexibility index (Phi) is 12.3. The minimum absolute atomic E-state index is 0.0607. The molecule has 38 heavy (non-hydrogen) atoms. The van der Waals surface area contributed by atoms with Crippen molar-refractivity contribution in [3.8, 4) is 0 Å². The number of aliphatic carboxylic acids is 1. The lowest BCUT2D eigenvalue weighted by atomic mass is 9.92. The number of carboxylic acid groups (broad SMARTS) is 1. The van der Waals surface area contributed by atoms with E-state index in [-0.39, 0.29) is 24.3 Å².